The summed E-state index contributed by atoms with van der Waals surface area (Å²) in [6.07, 6.45) is 0.917. The molecule has 0 unspecified atom stereocenters. The minimum Gasteiger partial charge on any atom is -0.490 e. The van der Waals surface area contributed by atoms with Crippen molar-refractivity contribution in [3.63, 3.8) is 0 Å². The highest BCUT2D eigenvalue weighted by Crippen LogP contribution is 2.39. The van der Waals surface area contributed by atoms with Crippen molar-refractivity contribution in [2.24, 2.45) is 0 Å². The molecule has 11 heteroatoms. The van der Waals surface area contributed by atoms with Gasteiger partial charge in [-0.15, -0.1) is 0 Å². The van der Waals surface area contributed by atoms with Gasteiger partial charge in [0.15, 0.2) is 22.9 Å². The van der Waals surface area contributed by atoms with Crippen LogP contribution in [0.5, 0.6) is 5.75 Å². The molecule has 0 atom stereocenters. The van der Waals surface area contributed by atoms with E-state index in [9.17, 15) is 19.1 Å². The number of aryl methyl sites for hydroxylation is 2. The van der Waals surface area contributed by atoms with Gasteiger partial charge in [0.25, 0.3) is 5.91 Å². The van der Waals surface area contributed by atoms with E-state index in [1.54, 1.807) is 26.0 Å². The molecule has 39 heavy (non-hydrogen) atoms. The van der Waals surface area contributed by atoms with Crippen molar-refractivity contribution in [1.29, 1.82) is 0 Å². The van der Waals surface area contributed by atoms with Gasteiger partial charge >= 0.3 is 5.97 Å². The summed E-state index contributed by atoms with van der Waals surface area (Å²) in [6, 6.07) is 5.81. The molecular formula is C28H25ClF2N4O4. The Labute approximate surface area is 227 Å². The number of nitrogens with zero attached hydrogens (tertiary/aromatic N) is 3. The molecule has 1 amide bonds. The van der Waals surface area contributed by atoms with E-state index in [1.807, 2.05) is 6.92 Å². The van der Waals surface area contributed by atoms with Crippen molar-refractivity contribution in [3.05, 3.63) is 80.1 Å². The lowest BCUT2D eigenvalue weighted by atomic mass is 9.91. The van der Waals surface area contributed by atoms with Crippen molar-refractivity contribution in [1.82, 2.24) is 19.9 Å². The van der Waals surface area contributed by atoms with Crippen molar-refractivity contribution in [3.8, 4) is 17.0 Å². The molecule has 2 aromatic carbocycles. The average Bonchev–Trinajstić information content (AvgIpc) is 3.23. The van der Waals surface area contributed by atoms with Crippen LogP contribution in [0, 0.1) is 32.4 Å². The van der Waals surface area contributed by atoms with Crippen molar-refractivity contribution < 1.29 is 28.2 Å². The molecule has 8 nitrogen and oxygen atoms in total. The molecule has 0 spiro atoms. The van der Waals surface area contributed by atoms with Crippen LogP contribution in [0.1, 0.15) is 50.4 Å². The van der Waals surface area contributed by atoms with E-state index >= 15 is 4.39 Å². The molecule has 0 radical (unpaired) electrons. The standard InChI is InChI=1S/C28H25ClF2N4O4/c1-13-9-16(6-7-20(13)30)12-32-28(38)24-23(29)27-33-15(3)19(11-22(36)37)25(35(27)34-24)18-10-21(31)26-17(14(18)2)5-4-8-39-26/h6-7,9-10H,4-5,8,11-12H2,1-3H3,(H,32,38)(H,36,37). The van der Waals surface area contributed by atoms with E-state index in [1.165, 1.54) is 16.6 Å². The predicted octanol–water partition coefficient (Wildman–Crippen LogP) is 5.14. The average molecular weight is 555 g/mol. The number of carboxylic acid groups (broad SMARTS) is 1. The number of carbonyl (C=O) groups excluding carboxylic acids is 1. The van der Waals surface area contributed by atoms with Gasteiger partial charge in [0.2, 0.25) is 0 Å². The summed E-state index contributed by atoms with van der Waals surface area (Å²) >= 11 is 6.59. The second-order valence-electron chi connectivity index (χ2n) is 9.55. The normalized spacial score (nSPS) is 12.8. The van der Waals surface area contributed by atoms with E-state index in [0.717, 1.165) is 6.42 Å². The Kier molecular flexibility index (Phi) is 6.98. The maximum atomic E-state index is 15.2. The number of aromatic nitrogens is 3. The summed E-state index contributed by atoms with van der Waals surface area (Å²) in [5.41, 5.74) is 3.94. The second-order valence-corrected chi connectivity index (χ2v) is 9.93. The summed E-state index contributed by atoms with van der Waals surface area (Å²) in [5, 5.41) is 16.8. The second kappa shape index (κ2) is 10.3. The minimum absolute atomic E-state index is 0.0339. The first-order chi connectivity index (χ1) is 18.6. The molecule has 1 aliphatic rings. The third-order valence-electron chi connectivity index (χ3n) is 6.92. The summed E-state index contributed by atoms with van der Waals surface area (Å²) in [4.78, 5) is 29.4. The van der Waals surface area contributed by atoms with Crippen LogP contribution in [0.4, 0.5) is 8.78 Å². The van der Waals surface area contributed by atoms with Crippen LogP contribution < -0.4 is 10.1 Å². The molecule has 5 rings (SSSR count). The number of hydrogen-bond acceptors (Lipinski definition) is 5. The van der Waals surface area contributed by atoms with Gasteiger partial charge in [0.05, 0.1) is 18.7 Å². The fourth-order valence-electron chi connectivity index (χ4n) is 4.94. The maximum absolute atomic E-state index is 15.2. The molecule has 3 heterocycles. The topological polar surface area (TPSA) is 106 Å². The lowest BCUT2D eigenvalue weighted by molar-refractivity contribution is -0.136. The zero-order valence-electron chi connectivity index (χ0n) is 21.5. The van der Waals surface area contributed by atoms with Crippen molar-refractivity contribution >= 4 is 29.1 Å². The summed E-state index contributed by atoms with van der Waals surface area (Å²) in [7, 11) is 0. The lowest BCUT2D eigenvalue weighted by Gasteiger charge is -2.23. The highest BCUT2D eigenvalue weighted by molar-refractivity contribution is 6.36. The Morgan fingerprint density at radius 1 is 1.18 bits per heavy atom. The quantitative estimate of drug-likeness (QED) is 0.342. The Morgan fingerprint density at radius 3 is 2.67 bits per heavy atom. The molecule has 0 bridgehead atoms. The van der Waals surface area contributed by atoms with E-state index in [0.29, 0.717) is 57.8 Å². The number of hydrogen-bond donors (Lipinski definition) is 2. The zero-order chi connectivity index (χ0) is 28.0. The van der Waals surface area contributed by atoms with Gasteiger partial charge < -0.3 is 15.2 Å². The molecule has 0 saturated heterocycles. The maximum Gasteiger partial charge on any atom is 0.307 e. The number of nitrogens with one attached hydrogen (secondary N) is 1. The number of halogens is 3. The van der Waals surface area contributed by atoms with Gasteiger partial charge in [-0.05, 0) is 62.4 Å². The number of benzene rings is 2. The molecule has 0 fully saturated rings. The highest BCUT2D eigenvalue weighted by atomic mass is 35.5. The van der Waals surface area contributed by atoms with Crippen LogP contribution in [0.2, 0.25) is 5.02 Å². The molecular weight excluding hydrogens is 530 g/mol. The summed E-state index contributed by atoms with van der Waals surface area (Å²) in [5.74, 6) is -2.43. The Balaban J connectivity index is 1.65. The van der Waals surface area contributed by atoms with E-state index in [-0.39, 0.29) is 34.5 Å². The predicted molar refractivity (Wildman–Crippen MR) is 140 cm³/mol. The number of ether oxygens (including phenoxy) is 1. The molecule has 2 aromatic heterocycles. The Hall–Kier alpha value is -4.05. The first-order valence-electron chi connectivity index (χ1n) is 12.3. The SMILES string of the molecule is Cc1cc(CNC(=O)c2nn3c(-c4cc(F)c5c(c4C)CCCO5)c(CC(=O)O)c(C)nc3c2Cl)ccc1F. The van der Waals surface area contributed by atoms with Crippen molar-refractivity contribution in [2.75, 3.05) is 6.61 Å². The minimum atomic E-state index is -1.11. The Bertz CT molecular complexity index is 1670. The molecule has 0 aliphatic carbocycles. The van der Waals surface area contributed by atoms with Gasteiger partial charge in [-0.25, -0.2) is 18.3 Å². The van der Waals surface area contributed by atoms with Crippen LogP contribution in [-0.2, 0) is 24.2 Å². The van der Waals surface area contributed by atoms with Crippen LogP contribution >= 0.6 is 11.6 Å². The Morgan fingerprint density at radius 2 is 1.95 bits per heavy atom. The van der Waals surface area contributed by atoms with Crippen LogP contribution in [0.25, 0.3) is 16.9 Å². The largest absolute Gasteiger partial charge is 0.490 e. The first kappa shape index (κ1) is 26.6. The molecule has 4 aromatic rings. The molecule has 202 valence electrons. The molecule has 0 saturated carbocycles. The van der Waals surface area contributed by atoms with Crippen LogP contribution in [-0.4, -0.2) is 38.2 Å². The van der Waals surface area contributed by atoms with E-state index in [4.69, 9.17) is 16.3 Å². The summed E-state index contributed by atoms with van der Waals surface area (Å²) < 4.78 is 35.7. The third-order valence-corrected chi connectivity index (χ3v) is 7.27. The smallest absolute Gasteiger partial charge is 0.307 e. The van der Waals surface area contributed by atoms with Gasteiger partial charge in [-0.1, -0.05) is 23.7 Å². The lowest BCUT2D eigenvalue weighted by Crippen LogP contribution is -2.23. The summed E-state index contributed by atoms with van der Waals surface area (Å²) in [6.45, 7) is 5.59. The molecule has 1 aliphatic heterocycles. The van der Waals surface area contributed by atoms with E-state index in [2.05, 4.69) is 15.4 Å². The number of aliphatic carboxylic acids is 1. The highest BCUT2D eigenvalue weighted by Gasteiger charge is 2.28. The van der Waals surface area contributed by atoms with Gasteiger partial charge in [-0.3, -0.25) is 9.59 Å². The fourth-order valence-corrected chi connectivity index (χ4v) is 5.19. The van der Waals surface area contributed by atoms with Gasteiger partial charge in [0.1, 0.15) is 10.8 Å². The van der Waals surface area contributed by atoms with Gasteiger partial charge in [0, 0.05) is 28.9 Å². The monoisotopic (exact) mass is 554 g/mol. The van der Waals surface area contributed by atoms with E-state index < -0.39 is 24.1 Å². The number of carbonyl (C=O) groups is 2. The number of amides is 1. The van der Waals surface area contributed by atoms with Gasteiger partial charge in [-0.2, -0.15) is 5.10 Å². The fraction of sp³-hybridized carbons (Fsp3) is 0.286. The van der Waals surface area contributed by atoms with Crippen LogP contribution in [0.3, 0.4) is 0 Å². The zero-order valence-corrected chi connectivity index (χ0v) is 22.2. The number of rotatable bonds is 6. The van der Waals surface area contributed by atoms with Crippen molar-refractivity contribution in [2.45, 2.75) is 46.6 Å². The number of carboxylic acids is 1. The van der Waals surface area contributed by atoms with Crippen LogP contribution in [0.15, 0.2) is 24.3 Å². The first-order valence-corrected chi connectivity index (χ1v) is 12.7. The number of fused-ring (bicyclic) bond motifs is 2. The third kappa shape index (κ3) is 4.80. The molecule has 2 N–H and O–H groups in total.